The zero-order valence-corrected chi connectivity index (χ0v) is 8.62. The third-order valence-electron chi connectivity index (χ3n) is 1.90. The van der Waals surface area contributed by atoms with Crippen LogP contribution in [0, 0.1) is 0 Å². The fraction of sp³-hybridized carbons (Fsp3) is 0.200. The first-order valence-corrected chi connectivity index (χ1v) is 5.19. The van der Waals surface area contributed by atoms with E-state index >= 15 is 0 Å². The van der Waals surface area contributed by atoms with E-state index in [1.54, 1.807) is 13.1 Å². The number of thiophene rings is 1. The van der Waals surface area contributed by atoms with Gasteiger partial charge in [-0.1, -0.05) is 0 Å². The van der Waals surface area contributed by atoms with E-state index in [2.05, 4.69) is 5.10 Å². The molecule has 0 fully saturated rings. The topological polar surface area (TPSA) is 34.9 Å². The van der Waals surface area contributed by atoms with E-state index < -0.39 is 0 Å². The van der Waals surface area contributed by atoms with Crippen molar-refractivity contribution in [1.29, 1.82) is 0 Å². The molecule has 14 heavy (non-hydrogen) atoms. The van der Waals surface area contributed by atoms with Crippen molar-refractivity contribution in [2.24, 2.45) is 0 Å². The molecule has 2 heterocycles. The van der Waals surface area contributed by atoms with E-state index in [1.807, 2.05) is 28.4 Å². The van der Waals surface area contributed by atoms with Crippen molar-refractivity contribution in [2.75, 3.05) is 0 Å². The van der Waals surface area contributed by atoms with Gasteiger partial charge in [0.1, 0.15) is 0 Å². The van der Waals surface area contributed by atoms with Crippen LogP contribution < -0.4 is 0 Å². The fourth-order valence-electron chi connectivity index (χ4n) is 1.22. The molecule has 0 saturated heterocycles. The lowest BCUT2D eigenvalue weighted by Crippen LogP contribution is -1.98. The molecule has 2 rings (SSSR count). The molecule has 0 aliphatic rings. The van der Waals surface area contributed by atoms with Crippen molar-refractivity contribution in [3.05, 3.63) is 40.3 Å². The number of hydrogen-bond donors (Lipinski definition) is 0. The molecule has 72 valence electrons. The van der Waals surface area contributed by atoms with Crippen molar-refractivity contribution in [3.8, 4) is 0 Å². The quantitative estimate of drug-likeness (QED) is 0.721. The highest BCUT2D eigenvalue weighted by atomic mass is 32.1. The summed E-state index contributed by atoms with van der Waals surface area (Å²) in [6.45, 7) is 2.32. The summed E-state index contributed by atoms with van der Waals surface area (Å²) < 4.78 is 1.84. The van der Waals surface area contributed by atoms with Gasteiger partial charge < -0.3 is 0 Å². The first kappa shape index (κ1) is 9.15. The van der Waals surface area contributed by atoms with Gasteiger partial charge >= 0.3 is 0 Å². The molecule has 0 radical (unpaired) electrons. The predicted octanol–water partition coefficient (Wildman–Crippen LogP) is 2.20. The lowest BCUT2D eigenvalue weighted by atomic mass is 10.3. The van der Waals surface area contributed by atoms with Gasteiger partial charge in [-0.3, -0.25) is 9.48 Å². The summed E-state index contributed by atoms with van der Waals surface area (Å²) >= 11 is 1.49. The Morgan fingerprint density at radius 2 is 2.50 bits per heavy atom. The number of carbonyl (C=O) groups is 1. The minimum absolute atomic E-state index is 0.127. The number of carbonyl (C=O) groups excluding carboxylic acids is 1. The van der Waals surface area contributed by atoms with Crippen LogP contribution in [0.3, 0.4) is 0 Å². The standard InChI is InChI=1S/C10H10N2OS/c1-8(13)10-5-9(7-14-10)6-12-4-2-3-11-12/h2-5,7H,6H2,1H3. The molecule has 4 heteroatoms. The largest absolute Gasteiger partial charge is 0.294 e. The molecule has 0 aliphatic carbocycles. The average Bonchev–Trinajstić information content (AvgIpc) is 2.75. The Labute approximate surface area is 86.0 Å². The van der Waals surface area contributed by atoms with E-state index in [-0.39, 0.29) is 5.78 Å². The molecule has 0 amide bonds. The van der Waals surface area contributed by atoms with Crippen LogP contribution in [0.25, 0.3) is 0 Å². The van der Waals surface area contributed by atoms with Crippen LogP contribution in [0.4, 0.5) is 0 Å². The number of Topliss-reactive ketones (excluding diaryl/α,β-unsaturated/α-hetero) is 1. The highest BCUT2D eigenvalue weighted by Crippen LogP contribution is 2.15. The molecule has 0 unspecified atom stereocenters. The van der Waals surface area contributed by atoms with Crippen LogP contribution >= 0.6 is 11.3 Å². The van der Waals surface area contributed by atoms with Crippen molar-refractivity contribution in [2.45, 2.75) is 13.5 Å². The maximum atomic E-state index is 11.0. The maximum Gasteiger partial charge on any atom is 0.169 e. The molecule has 0 bridgehead atoms. The maximum absolute atomic E-state index is 11.0. The Kier molecular flexibility index (Phi) is 2.45. The molecule has 0 aliphatic heterocycles. The van der Waals surface area contributed by atoms with Crippen LogP contribution in [0.5, 0.6) is 0 Å². The van der Waals surface area contributed by atoms with E-state index in [0.29, 0.717) is 0 Å². The lowest BCUT2D eigenvalue weighted by Gasteiger charge is -1.96. The van der Waals surface area contributed by atoms with Crippen LogP contribution in [0.1, 0.15) is 22.2 Å². The minimum Gasteiger partial charge on any atom is -0.294 e. The lowest BCUT2D eigenvalue weighted by molar-refractivity contribution is 0.102. The molecule has 2 aromatic rings. The number of nitrogens with zero attached hydrogens (tertiary/aromatic N) is 2. The third-order valence-corrected chi connectivity index (χ3v) is 2.98. The highest BCUT2D eigenvalue weighted by Gasteiger charge is 2.04. The molecular weight excluding hydrogens is 196 g/mol. The Balaban J connectivity index is 2.14. The van der Waals surface area contributed by atoms with Gasteiger partial charge in [-0.05, 0) is 30.0 Å². The van der Waals surface area contributed by atoms with Gasteiger partial charge in [0.2, 0.25) is 0 Å². The van der Waals surface area contributed by atoms with Crippen molar-refractivity contribution in [1.82, 2.24) is 9.78 Å². The highest BCUT2D eigenvalue weighted by molar-refractivity contribution is 7.12. The van der Waals surface area contributed by atoms with Crippen molar-refractivity contribution >= 4 is 17.1 Å². The monoisotopic (exact) mass is 206 g/mol. The summed E-state index contributed by atoms with van der Waals surface area (Å²) in [5.41, 5.74) is 1.13. The smallest absolute Gasteiger partial charge is 0.169 e. The summed E-state index contributed by atoms with van der Waals surface area (Å²) in [5.74, 6) is 0.127. The Hall–Kier alpha value is -1.42. The van der Waals surface area contributed by atoms with E-state index in [1.165, 1.54) is 11.3 Å². The van der Waals surface area contributed by atoms with Gasteiger partial charge in [-0.2, -0.15) is 5.10 Å². The number of rotatable bonds is 3. The normalized spacial score (nSPS) is 10.4. The second kappa shape index (κ2) is 3.75. The van der Waals surface area contributed by atoms with Gasteiger partial charge in [-0.15, -0.1) is 11.3 Å². The Morgan fingerprint density at radius 1 is 1.64 bits per heavy atom. The zero-order valence-electron chi connectivity index (χ0n) is 7.80. The second-order valence-corrected chi connectivity index (χ2v) is 3.99. The predicted molar refractivity (Wildman–Crippen MR) is 55.7 cm³/mol. The number of aromatic nitrogens is 2. The van der Waals surface area contributed by atoms with Crippen LogP contribution in [-0.4, -0.2) is 15.6 Å². The van der Waals surface area contributed by atoms with Gasteiger partial charge in [-0.25, -0.2) is 0 Å². The fourth-order valence-corrected chi connectivity index (χ4v) is 2.03. The minimum atomic E-state index is 0.127. The van der Waals surface area contributed by atoms with Gasteiger partial charge in [0.05, 0.1) is 11.4 Å². The molecule has 0 atom stereocenters. The van der Waals surface area contributed by atoms with Crippen LogP contribution in [0.2, 0.25) is 0 Å². The SMILES string of the molecule is CC(=O)c1cc(Cn2cccn2)cs1. The first-order chi connectivity index (χ1) is 6.75. The molecule has 2 aromatic heterocycles. The Bertz CT molecular complexity index is 431. The van der Waals surface area contributed by atoms with Crippen molar-refractivity contribution in [3.63, 3.8) is 0 Å². The molecule has 0 N–H and O–H groups in total. The van der Waals surface area contributed by atoms with E-state index in [4.69, 9.17) is 0 Å². The summed E-state index contributed by atoms with van der Waals surface area (Å²) in [7, 11) is 0. The molecular formula is C10H10N2OS. The summed E-state index contributed by atoms with van der Waals surface area (Å²) in [6.07, 6.45) is 3.66. The number of ketones is 1. The number of hydrogen-bond acceptors (Lipinski definition) is 3. The van der Waals surface area contributed by atoms with Crippen LogP contribution in [-0.2, 0) is 6.54 Å². The van der Waals surface area contributed by atoms with Gasteiger partial charge in [0, 0.05) is 12.4 Å². The van der Waals surface area contributed by atoms with E-state index in [9.17, 15) is 4.79 Å². The molecule has 3 nitrogen and oxygen atoms in total. The Morgan fingerprint density at radius 3 is 3.07 bits per heavy atom. The first-order valence-electron chi connectivity index (χ1n) is 4.31. The van der Waals surface area contributed by atoms with Gasteiger partial charge in [0.15, 0.2) is 5.78 Å². The van der Waals surface area contributed by atoms with Gasteiger partial charge in [0.25, 0.3) is 0 Å². The van der Waals surface area contributed by atoms with E-state index in [0.717, 1.165) is 17.0 Å². The molecule has 0 spiro atoms. The molecule has 0 aromatic carbocycles. The van der Waals surface area contributed by atoms with Crippen LogP contribution in [0.15, 0.2) is 29.9 Å². The molecule has 0 saturated carbocycles. The zero-order chi connectivity index (χ0) is 9.97. The van der Waals surface area contributed by atoms with Crippen molar-refractivity contribution < 1.29 is 4.79 Å². The summed E-state index contributed by atoms with van der Waals surface area (Å²) in [6, 6.07) is 3.81. The third kappa shape index (κ3) is 1.90. The summed E-state index contributed by atoms with van der Waals surface area (Å²) in [5, 5.41) is 6.10. The second-order valence-electron chi connectivity index (χ2n) is 3.08. The average molecular weight is 206 g/mol. The summed E-state index contributed by atoms with van der Waals surface area (Å²) in [4.78, 5) is 11.9.